The van der Waals surface area contributed by atoms with Crippen molar-refractivity contribution in [3.8, 4) is 5.75 Å². The second-order valence-electron chi connectivity index (χ2n) is 9.32. The molecule has 0 aliphatic carbocycles. The number of amides is 3. The van der Waals surface area contributed by atoms with Crippen molar-refractivity contribution in [3.63, 3.8) is 0 Å². The number of anilines is 1. The van der Waals surface area contributed by atoms with Gasteiger partial charge in [0.1, 0.15) is 17.8 Å². The van der Waals surface area contributed by atoms with E-state index < -0.39 is 40.0 Å². The highest BCUT2D eigenvalue weighted by Gasteiger charge is 2.42. The molecule has 0 aromatic heterocycles. The van der Waals surface area contributed by atoms with Gasteiger partial charge in [0.05, 0.1) is 19.1 Å². The maximum absolute atomic E-state index is 13.7. The summed E-state index contributed by atoms with van der Waals surface area (Å²) in [7, 11) is -1.37. The summed E-state index contributed by atoms with van der Waals surface area (Å²) in [4.78, 5) is 40.9. The lowest BCUT2D eigenvalue weighted by molar-refractivity contribution is -0.145. The van der Waals surface area contributed by atoms with Crippen LogP contribution in [0.5, 0.6) is 5.75 Å². The van der Waals surface area contributed by atoms with Crippen molar-refractivity contribution >= 4 is 33.6 Å². The number of sulfonamides is 1. The van der Waals surface area contributed by atoms with Crippen molar-refractivity contribution in [3.05, 3.63) is 90.5 Å². The van der Waals surface area contributed by atoms with Gasteiger partial charge in [0.15, 0.2) is 0 Å². The quantitative estimate of drug-likeness (QED) is 0.372. The molecule has 0 bridgehead atoms. The molecular formula is C29H32N4O7S. The maximum atomic E-state index is 13.7. The zero-order valence-corrected chi connectivity index (χ0v) is 23.5. The van der Waals surface area contributed by atoms with Crippen LogP contribution in [0.4, 0.5) is 10.5 Å². The Balaban J connectivity index is 1.59. The number of ether oxygens (including phenoxy) is 2. The smallest absolute Gasteiger partial charge is 0.328 e. The van der Waals surface area contributed by atoms with Crippen LogP contribution in [0.3, 0.4) is 0 Å². The number of nitrogens with zero attached hydrogens (tertiary/aromatic N) is 2. The van der Waals surface area contributed by atoms with E-state index in [1.807, 2.05) is 6.07 Å². The minimum atomic E-state index is -4.11. The zero-order chi connectivity index (χ0) is 29.4. The number of nitrogens with one attached hydrogen (secondary N) is 2. The van der Waals surface area contributed by atoms with E-state index in [9.17, 15) is 22.8 Å². The fourth-order valence-electron chi connectivity index (χ4n) is 4.50. The minimum Gasteiger partial charge on any atom is -0.497 e. The Morgan fingerprint density at radius 1 is 0.902 bits per heavy atom. The summed E-state index contributed by atoms with van der Waals surface area (Å²) in [5, 5.41) is 5.44. The van der Waals surface area contributed by atoms with Crippen molar-refractivity contribution < 1.29 is 32.3 Å². The van der Waals surface area contributed by atoms with E-state index in [1.54, 1.807) is 66.7 Å². The lowest BCUT2D eigenvalue weighted by Gasteiger charge is -2.39. The SMILES string of the molecule is COC(=O)[C@H](Cc1ccc(OC)cc1)NC(=O)[C@H]1CN(C(=O)Nc2ccccc2)CCN1S(=O)(=O)c1ccccc1. The number of para-hydroxylation sites is 1. The topological polar surface area (TPSA) is 134 Å². The van der Waals surface area contributed by atoms with E-state index in [1.165, 1.54) is 31.3 Å². The van der Waals surface area contributed by atoms with Gasteiger partial charge >= 0.3 is 12.0 Å². The van der Waals surface area contributed by atoms with Crippen LogP contribution in [-0.4, -0.2) is 81.5 Å². The molecule has 1 aliphatic heterocycles. The van der Waals surface area contributed by atoms with E-state index in [4.69, 9.17) is 9.47 Å². The fraction of sp³-hybridized carbons (Fsp3) is 0.276. The van der Waals surface area contributed by atoms with Gasteiger partial charge in [-0.3, -0.25) is 4.79 Å². The average Bonchev–Trinajstić information content (AvgIpc) is 3.01. The molecule has 216 valence electrons. The van der Waals surface area contributed by atoms with E-state index in [-0.39, 0.29) is 31.0 Å². The highest BCUT2D eigenvalue weighted by Crippen LogP contribution is 2.23. The van der Waals surface area contributed by atoms with Crippen LogP contribution in [0.15, 0.2) is 89.8 Å². The lowest BCUT2D eigenvalue weighted by Crippen LogP contribution is -2.63. The Hall–Kier alpha value is -4.42. The number of hydrogen-bond acceptors (Lipinski definition) is 7. The summed E-state index contributed by atoms with van der Waals surface area (Å²) in [6.45, 7) is -0.299. The number of urea groups is 1. The summed E-state index contributed by atoms with van der Waals surface area (Å²) in [5.41, 5.74) is 1.28. The van der Waals surface area contributed by atoms with Gasteiger partial charge in [-0.25, -0.2) is 18.0 Å². The van der Waals surface area contributed by atoms with Crippen LogP contribution in [0.25, 0.3) is 0 Å². The molecule has 1 saturated heterocycles. The second-order valence-corrected chi connectivity index (χ2v) is 11.2. The van der Waals surface area contributed by atoms with E-state index in [0.717, 1.165) is 9.87 Å². The first-order valence-corrected chi connectivity index (χ1v) is 14.4. The molecule has 1 aliphatic rings. The molecule has 1 heterocycles. The normalized spacial score (nSPS) is 16.3. The molecule has 3 aromatic carbocycles. The molecule has 0 radical (unpaired) electrons. The third-order valence-electron chi connectivity index (χ3n) is 6.70. The molecule has 3 aromatic rings. The van der Waals surface area contributed by atoms with Gasteiger partial charge in [-0.1, -0.05) is 48.5 Å². The van der Waals surface area contributed by atoms with Crippen molar-refractivity contribution in [2.24, 2.45) is 0 Å². The van der Waals surface area contributed by atoms with Crippen LogP contribution in [0.1, 0.15) is 5.56 Å². The first-order chi connectivity index (χ1) is 19.7. The molecule has 0 spiro atoms. The van der Waals surface area contributed by atoms with Gasteiger partial charge in [-0.2, -0.15) is 4.31 Å². The van der Waals surface area contributed by atoms with Gasteiger partial charge < -0.3 is 25.0 Å². The number of esters is 1. The van der Waals surface area contributed by atoms with Gasteiger partial charge in [0, 0.05) is 31.7 Å². The van der Waals surface area contributed by atoms with Crippen molar-refractivity contribution in [2.75, 3.05) is 39.2 Å². The predicted octanol–water partition coefficient (Wildman–Crippen LogP) is 2.50. The Morgan fingerprint density at radius 2 is 1.54 bits per heavy atom. The number of carbonyl (C=O) groups excluding carboxylic acids is 3. The van der Waals surface area contributed by atoms with Gasteiger partial charge in [0.2, 0.25) is 15.9 Å². The molecule has 41 heavy (non-hydrogen) atoms. The standard InChI is InChI=1S/C29H32N4O7S/c1-39-23-15-13-21(14-16-23)19-25(28(35)40-2)31-27(34)26-20-32(29(36)30-22-9-5-3-6-10-22)17-18-33(26)41(37,38)24-11-7-4-8-12-24/h3-16,25-26H,17-20H2,1-2H3,(H,30,36)(H,31,34)/t25-,26+/m0/s1. The lowest BCUT2D eigenvalue weighted by atomic mass is 10.0. The summed E-state index contributed by atoms with van der Waals surface area (Å²) in [6.07, 6.45) is 0.0960. The highest BCUT2D eigenvalue weighted by atomic mass is 32.2. The van der Waals surface area contributed by atoms with Crippen molar-refractivity contribution in [1.82, 2.24) is 14.5 Å². The number of methoxy groups -OCH3 is 2. The van der Waals surface area contributed by atoms with Gasteiger partial charge in [-0.05, 0) is 42.0 Å². The number of piperazine rings is 1. The molecule has 4 rings (SSSR count). The molecule has 0 unspecified atom stereocenters. The number of hydrogen-bond donors (Lipinski definition) is 2. The van der Waals surface area contributed by atoms with Crippen molar-refractivity contribution in [2.45, 2.75) is 23.4 Å². The molecule has 11 nitrogen and oxygen atoms in total. The van der Waals surface area contributed by atoms with Crippen molar-refractivity contribution in [1.29, 1.82) is 0 Å². The molecule has 12 heteroatoms. The summed E-state index contributed by atoms with van der Waals surface area (Å²) in [5.74, 6) is -0.794. The predicted molar refractivity (Wildman–Crippen MR) is 152 cm³/mol. The monoisotopic (exact) mass is 580 g/mol. The number of rotatable bonds is 9. The first-order valence-electron chi connectivity index (χ1n) is 12.9. The van der Waals surface area contributed by atoms with Crippen LogP contribution in [0, 0.1) is 0 Å². The third kappa shape index (κ3) is 7.21. The Morgan fingerprint density at radius 3 is 2.15 bits per heavy atom. The number of benzene rings is 3. The Kier molecular flexibility index (Phi) is 9.58. The van der Waals surface area contributed by atoms with E-state index in [0.29, 0.717) is 11.4 Å². The van der Waals surface area contributed by atoms with Crippen LogP contribution < -0.4 is 15.4 Å². The largest absolute Gasteiger partial charge is 0.497 e. The highest BCUT2D eigenvalue weighted by molar-refractivity contribution is 7.89. The summed E-state index contributed by atoms with van der Waals surface area (Å²) in [6, 6.07) is 20.6. The van der Waals surface area contributed by atoms with Crippen LogP contribution in [0.2, 0.25) is 0 Å². The zero-order valence-electron chi connectivity index (χ0n) is 22.7. The molecule has 1 fully saturated rings. The van der Waals surface area contributed by atoms with E-state index in [2.05, 4.69) is 10.6 Å². The minimum absolute atomic E-state index is 0.0164. The summed E-state index contributed by atoms with van der Waals surface area (Å²) >= 11 is 0. The molecule has 3 amide bonds. The number of carbonyl (C=O) groups is 3. The molecular weight excluding hydrogens is 548 g/mol. The third-order valence-corrected chi connectivity index (χ3v) is 8.62. The van der Waals surface area contributed by atoms with E-state index >= 15 is 0 Å². The van der Waals surface area contributed by atoms with Gasteiger partial charge in [-0.15, -0.1) is 0 Å². The first kappa shape index (κ1) is 29.6. The fourth-order valence-corrected chi connectivity index (χ4v) is 6.10. The van der Waals surface area contributed by atoms with Gasteiger partial charge in [0.25, 0.3) is 0 Å². The molecule has 2 N–H and O–H groups in total. The average molecular weight is 581 g/mol. The molecule has 2 atom stereocenters. The van der Waals surface area contributed by atoms with Crippen LogP contribution in [-0.2, 0) is 30.8 Å². The molecule has 0 saturated carbocycles. The Bertz CT molecular complexity index is 1450. The Labute approximate surface area is 239 Å². The maximum Gasteiger partial charge on any atom is 0.328 e. The summed E-state index contributed by atoms with van der Waals surface area (Å²) < 4.78 is 38.4. The van der Waals surface area contributed by atoms with Crippen LogP contribution >= 0.6 is 0 Å². The second kappa shape index (κ2) is 13.3.